The Hall–Kier alpha value is -3.27. The first-order chi connectivity index (χ1) is 11.8. The first-order valence-electron chi connectivity index (χ1n) is 7.52. The van der Waals surface area contributed by atoms with Crippen molar-refractivity contribution in [2.24, 2.45) is 0 Å². The molecule has 0 saturated heterocycles. The lowest BCUT2D eigenvalue weighted by Crippen LogP contribution is -2.13. The number of ether oxygens (including phenoxy) is 1. The zero-order chi connectivity index (χ0) is 16.8. The van der Waals surface area contributed by atoms with Crippen LogP contribution in [-0.4, -0.2) is 13.0 Å². The standard InChI is InChI=1S/C20H17NO3/c1-23-17-10-5-9-16(13-17)21-20(22)19(14-18-11-6-12-24-18)15-7-3-2-4-8-15/h2-14H,1H3,(H,21,22)/b19-14+. The number of hydrogen-bond donors (Lipinski definition) is 1. The molecule has 3 aromatic rings. The minimum Gasteiger partial charge on any atom is -0.497 e. The molecule has 1 aromatic heterocycles. The molecular formula is C20H17NO3. The summed E-state index contributed by atoms with van der Waals surface area (Å²) in [4.78, 5) is 12.8. The molecule has 1 heterocycles. The van der Waals surface area contributed by atoms with Crippen molar-refractivity contribution >= 4 is 23.2 Å². The van der Waals surface area contributed by atoms with Crippen molar-refractivity contribution < 1.29 is 13.9 Å². The van der Waals surface area contributed by atoms with E-state index in [0.717, 1.165) is 5.56 Å². The van der Waals surface area contributed by atoms with Crippen molar-refractivity contribution in [1.29, 1.82) is 0 Å². The van der Waals surface area contributed by atoms with Gasteiger partial charge in [-0.1, -0.05) is 36.4 Å². The Bertz CT molecular complexity index is 836. The van der Waals surface area contributed by atoms with Crippen LogP contribution in [0.15, 0.2) is 77.4 Å². The molecule has 0 aliphatic rings. The topological polar surface area (TPSA) is 51.5 Å². The third kappa shape index (κ3) is 3.73. The summed E-state index contributed by atoms with van der Waals surface area (Å²) in [5, 5.41) is 2.90. The smallest absolute Gasteiger partial charge is 0.256 e. The van der Waals surface area contributed by atoms with Crippen molar-refractivity contribution in [3.63, 3.8) is 0 Å². The van der Waals surface area contributed by atoms with Gasteiger partial charge >= 0.3 is 0 Å². The highest BCUT2D eigenvalue weighted by Crippen LogP contribution is 2.22. The van der Waals surface area contributed by atoms with Crippen LogP contribution in [0, 0.1) is 0 Å². The van der Waals surface area contributed by atoms with Crippen molar-refractivity contribution in [3.8, 4) is 5.75 Å². The normalized spacial score (nSPS) is 11.1. The minimum atomic E-state index is -0.217. The molecule has 0 atom stereocenters. The number of carbonyl (C=O) groups excluding carboxylic acids is 1. The molecule has 1 amide bonds. The lowest BCUT2D eigenvalue weighted by molar-refractivity contribution is -0.111. The molecule has 4 nitrogen and oxygen atoms in total. The molecule has 0 saturated carbocycles. The molecule has 0 aliphatic heterocycles. The highest BCUT2D eigenvalue weighted by atomic mass is 16.5. The fourth-order valence-corrected chi connectivity index (χ4v) is 2.31. The summed E-state index contributed by atoms with van der Waals surface area (Å²) in [5.41, 5.74) is 2.00. The fraction of sp³-hybridized carbons (Fsp3) is 0.0500. The number of benzene rings is 2. The predicted octanol–water partition coefficient (Wildman–Crippen LogP) is 4.47. The summed E-state index contributed by atoms with van der Waals surface area (Å²) in [7, 11) is 1.59. The molecule has 0 radical (unpaired) electrons. The number of methoxy groups -OCH3 is 1. The van der Waals surface area contributed by atoms with Crippen LogP contribution < -0.4 is 10.1 Å². The van der Waals surface area contributed by atoms with Gasteiger partial charge in [0.1, 0.15) is 11.5 Å². The first kappa shape index (κ1) is 15.6. The van der Waals surface area contributed by atoms with E-state index in [0.29, 0.717) is 22.8 Å². The van der Waals surface area contributed by atoms with Gasteiger partial charge < -0.3 is 14.5 Å². The maximum Gasteiger partial charge on any atom is 0.256 e. The van der Waals surface area contributed by atoms with E-state index in [1.165, 1.54) is 0 Å². The van der Waals surface area contributed by atoms with Gasteiger partial charge in [0.2, 0.25) is 0 Å². The lowest BCUT2D eigenvalue weighted by Gasteiger charge is -2.10. The Morgan fingerprint density at radius 1 is 1.04 bits per heavy atom. The van der Waals surface area contributed by atoms with E-state index < -0.39 is 0 Å². The van der Waals surface area contributed by atoms with E-state index in [2.05, 4.69) is 5.32 Å². The molecule has 2 aromatic carbocycles. The number of furan rings is 1. The summed E-state index contributed by atoms with van der Waals surface area (Å²) in [6.07, 6.45) is 3.30. The van der Waals surface area contributed by atoms with Gasteiger partial charge in [-0.3, -0.25) is 4.79 Å². The summed E-state index contributed by atoms with van der Waals surface area (Å²) in [5.74, 6) is 1.09. The molecule has 0 spiro atoms. The van der Waals surface area contributed by atoms with Crippen molar-refractivity contribution in [1.82, 2.24) is 0 Å². The van der Waals surface area contributed by atoms with Gasteiger partial charge in [0, 0.05) is 11.8 Å². The number of anilines is 1. The highest BCUT2D eigenvalue weighted by Gasteiger charge is 2.13. The van der Waals surface area contributed by atoms with Crippen molar-refractivity contribution in [2.75, 3.05) is 12.4 Å². The van der Waals surface area contributed by atoms with Gasteiger partial charge in [-0.25, -0.2) is 0 Å². The Balaban J connectivity index is 1.92. The monoisotopic (exact) mass is 319 g/mol. The number of amides is 1. The maximum absolute atomic E-state index is 12.8. The second-order valence-electron chi connectivity index (χ2n) is 5.13. The molecule has 0 aliphatic carbocycles. The number of carbonyl (C=O) groups is 1. The molecule has 0 fully saturated rings. The summed E-state index contributed by atoms with van der Waals surface area (Å²) >= 11 is 0. The average Bonchev–Trinajstić information content (AvgIpc) is 3.14. The third-order valence-corrected chi connectivity index (χ3v) is 3.49. The third-order valence-electron chi connectivity index (χ3n) is 3.49. The van der Waals surface area contributed by atoms with E-state index in [1.807, 2.05) is 54.6 Å². The molecular weight excluding hydrogens is 302 g/mol. The van der Waals surface area contributed by atoms with Crippen LogP contribution in [0.25, 0.3) is 11.6 Å². The Labute approximate surface area is 140 Å². The minimum absolute atomic E-state index is 0.217. The Kier molecular flexibility index (Phi) is 4.77. The van der Waals surface area contributed by atoms with Crippen LogP contribution in [-0.2, 0) is 4.79 Å². The summed E-state index contributed by atoms with van der Waals surface area (Å²) < 4.78 is 10.5. The number of nitrogens with one attached hydrogen (secondary N) is 1. The second-order valence-corrected chi connectivity index (χ2v) is 5.13. The largest absolute Gasteiger partial charge is 0.497 e. The molecule has 1 N–H and O–H groups in total. The quantitative estimate of drug-likeness (QED) is 0.706. The Morgan fingerprint density at radius 3 is 2.58 bits per heavy atom. The van der Waals surface area contributed by atoms with Gasteiger partial charge in [0.05, 0.1) is 18.9 Å². The van der Waals surface area contributed by atoms with Gasteiger partial charge in [-0.05, 0) is 35.9 Å². The molecule has 0 unspecified atom stereocenters. The van der Waals surface area contributed by atoms with Gasteiger partial charge in [0.25, 0.3) is 5.91 Å². The zero-order valence-corrected chi connectivity index (χ0v) is 13.2. The van der Waals surface area contributed by atoms with Crippen molar-refractivity contribution in [3.05, 3.63) is 84.3 Å². The van der Waals surface area contributed by atoms with E-state index in [9.17, 15) is 4.79 Å². The van der Waals surface area contributed by atoms with Gasteiger partial charge in [-0.15, -0.1) is 0 Å². The molecule has 3 rings (SSSR count). The molecule has 24 heavy (non-hydrogen) atoms. The maximum atomic E-state index is 12.8. The van der Waals surface area contributed by atoms with Crippen molar-refractivity contribution in [2.45, 2.75) is 0 Å². The predicted molar refractivity (Wildman–Crippen MR) is 94.6 cm³/mol. The zero-order valence-electron chi connectivity index (χ0n) is 13.2. The highest BCUT2D eigenvalue weighted by molar-refractivity contribution is 6.29. The number of rotatable bonds is 5. The average molecular weight is 319 g/mol. The Morgan fingerprint density at radius 2 is 1.88 bits per heavy atom. The van der Waals surface area contributed by atoms with Crippen LogP contribution in [0.3, 0.4) is 0 Å². The number of hydrogen-bond acceptors (Lipinski definition) is 3. The molecule has 0 bridgehead atoms. The van der Waals surface area contributed by atoms with Gasteiger partial charge in [0.15, 0.2) is 0 Å². The van der Waals surface area contributed by atoms with E-state index in [4.69, 9.17) is 9.15 Å². The lowest BCUT2D eigenvalue weighted by atomic mass is 10.0. The van der Waals surface area contributed by atoms with Crippen LogP contribution in [0.4, 0.5) is 5.69 Å². The van der Waals surface area contributed by atoms with Gasteiger partial charge in [-0.2, -0.15) is 0 Å². The second kappa shape index (κ2) is 7.33. The summed E-state index contributed by atoms with van der Waals surface area (Å²) in [6, 6.07) is 20.3. The SMILES string of the molecule is COc1cccc(NC(=O)/C(=C/c2ccco2)c2ccccc2)c1. The fourth-order valence-electron chi connectivity index (χ4n) is 2.31. The van der Waals surface area contributed by atoms with Crippen LogP contribution in [0.5, 0.6) is 5.75 Å². The van der Waals surface area contributed by atoms with E-state index >= 15 is 0 Å². The van der Waals surface area contributed by atoms with Crippen LogP contribution >= 0.6 is 0 Å². The molecule has 120 valence electrons. The van der Waals surface area contributed by atoms with E-state index in [1.54, 1.807) is 31.6 Å². The van der Waals surface area contributed by atoms with Crippen LogP contribution in [0.1, 0.15) is 11.3 Å². The molecule has 4 heteroatoms. The summed E-state index contributed by atoms with van der Waals surface area (Å²) in [6.45, 7) is 0. The van der Waals surface area contributed by atoms with Crippen LogP contribution in [0.2, 0.25) is 0 Å². The van der Waals surface area contributed by atoms with E-state index in [-0.39, 0.29) is 5.91 Å². The first-order valence-corrected chi connectivity index (χ1v) is 7.52.